The SMILES string of the molecule is Cn1cc(-c2cnc(CCN)s2)c2ccccc21. The highest BCUT2D eigenvalue weighted by Crippen LogP contribution is 2.33. The normalized spacial score (nSPS) is 11.2. The highest BCUT2D eigenvalue weighted by Gasteiger charge is 2.10. The van der Waals surface area contributed by atoms with Gasteiger partial charge in [0.1, 0.15) is 0 Å². The second-order valence-electron chi connectivity index (χ2n) is 4.33. The summed E-state index contributed by atoms with van der Waals surface area (Å²) in [4.78, 5) is 5.65. The van der Waals surface area contributed by atoms with Crippen LogP contribution < -0.4 is 5.73 Å². The van der Waals surface area contributed by atoms with Crippen molar-refractivity contribution in [3.63, 3.8) is 0 Å². The first-order chi connectivity index (χ1) is 8.79. The van der Waals surface area contributed by atoms with E-state index in [2.05, 4.69) is 47.1 Å². The number of fused-ring (bicyclic) bond motifs is 1. The van der Waals surface area contributed by atoms with Gasteiger partial charge in [-0.2, -0.15) is 0 Å². The molecule has 0 aliphatic rings. The van der Waals surface area contributed by atoms with E-state index in [9.17, 15) is 0 Å². The number of aryl methyl sites for hydroxylation is 1. The van der Waals surface area contributed by atoms with Gasteiger partial charge in [-0.25, -0.2) is 4.98 Å². The van der Waals surface area contributed by atoms with Gasteiger partial charge < -0.3 is 10.3 Å². The van der Waals surface area contributed by atoms with Crippen LogP contribution in [0.4, 0.5) is 0 Å². The maximum atomic E-state index is 5.57. The van der Waals surface area contributed by atoms with Crippen LogP contribution in [-0.2, 0) is 13.5 Å². The number of para-hydroxylation sites is 1. The maximum Gasteiger partial charge on any atom is 0.0943 e. The molecule has 0 spiro atoms. The van der Waals surface area contributed by atoms with E-state index >= 15 is 0 Å². The summed E-state index contributed by atoms with van der Waals surface area (Å²) in [5.74, 6) is 0. The van der Waals surface area contributed by atoms with Crippen molar-refractivity contribution in [1.82, 2.24) is 9.55 Å². The van der Waals surface area contributed by atoms with Crippen molar-refractivity contribution in [2.24, 2.45) is 12.8 Å². The third-order valence-corrected chi connectivity index (χ3v) is 4.16. The number of hydrogen-bond donors (Lipinski definition) is 1. The predicted molar refractivity (Wildman–Crippen MR) is 76.8 cm³/mol. The summed E-state index contributed by atoms with van der Waals surface area (Å²) in [6.07, 6.45) is 4.98. The quantitative estimate of drug-likeness (QED) is 0.784. The summed E-state index contributed by atoms with van der Waals surface area (Å²) < 4.78 is 2.16. The predicted octanol–water partition coefficient (Wildman–Crippen LogP) is 2.80. The van der Waals surface area contributed by atoms with Gasteiger partial charge in [0, 0.05) is 42.3 Å². The molecule has 2 heterocycles. The largest absolute Gasteiger partial charge is 0.350 e. The lowest BCUT2D eigenvalue weighted by molar-refractivity contribution is 0.953. The first kappa shape index (κ1) is 11.4. The Morgan fingerprint density at radius 2 is 2.17 bits per heavy atom. The molecular weight excluding hydrogens is 242 g/mol. The Bertz CT molecular complexity index is 681. The average molecular weight is 257 g/mol. The van der Waals surface area contributed by atoms with Crippen molar-refractivity contribution < 1.29 is 0 Å². The van der Waals surface area contributed by atoms with Crippen molar-refractivity contribution >= 4 is 22.2 Å². The number of nitrogens with two attached hydrogens (primary N) is 1. The van der Waals surface area contributed by atoms with Gasteiger partial charge >= 0.3 is 0 Å². The number of thiazole rings is 1. The Morgan fingerprint density at radius 1 is 1.33 bits per heavy atom. The number of nitrogens with zero attached hydrogens (tertiary/aromatic N) is 2. The van der Waals surface area contributed by atoms with Crippen molar-refractivity contribution in [3.8, 4) is 10.4 Å². The third kappa shape index (κ3) is 1.83. The van der Waals surface area contributed by atoms with Gasteiger partial charge in [0.25, 0.3) is 0 Å². The van der Waals surface area contributed by atoms with Crippen LogP contribution in [0.5, 0.6) is 0 Å². The zero-order chi connectivity index (χ0) is 12.5. The van der Waals surface area contributed by atoms with E-state index in [0.29, 0.717) is 6.54 Å². The second-order valence-corrected chi connectivity index (χ2v) is 5.44. The van der Waals surface area contributed by atoms with Crippen LogP contribution in [0, 0.1) is 0 Å². The lowest BCUT2D eigenvalue weighted by atomic mass is 10.1. The zero-order valence-corrected chi connectivity index (χ0v) is 11.1. The molecule has 0 aliphatic heterocycles. The highest BCUT2D eigenvalue weighted by molar-refractivity contribution is 7.15. The van der Waals surface area contributed by atoms with Gasteiger partial charge in [0.05, 0.1) is 9.88 Å². The Morgan fingerprint density at radius 3 is 3.00 bits per heavy atom. The maximum absolute atomic E-state index is 5.57. The van der Waals surface area contributed by atoms with Crippen LogP contribution in [0.15, 0.2) is 36.7 Å². The van der Waals surface area contributed by atoms with Crippen LogP contribution in [0.3, 0.4) is 0 Å². The minimum atomic E-state index is 0.655. The molecule has 0 saturated carbocycles. The Kier molecular flexibility index (Phi) is 2.89. The van der Waals surface area contributed by atoms with E-state index in [1.165, 1.54) is 21.3 Å². The van der Waals surface area contributed by atoms with Gasteiger partial charge in [-0.05, 0) is 12.6 Å². The molecule has 3 nitrogen and oxygen atoms in total. The summed E-state index contributed by atoms with van der Waals surface area (Å²) in [7, 11) is 2.08. The molecule has 0 bridgehead atoms. The molecule has 18 heavy (non-hydrogen) atoms. The Balaban J connectivity index is 2.13. The zero-order valence-electron chi connectivity index (χ0n) is 10.3. The van der Waals surface area contributed by atoms with Crippen LogP contribution in [-0.4, -0.2) is 16.1 Å². The van der Waals surface area contributed by atoms with E-state index in [4.69, 9.17) is 5.73 Å². The van der Waals surface area contributed by atoms with E-state index < -0.39 is 0 Å². The standard InChI is InChI=1S/C14H15N3S/c1-17-9-11(10-4-2-3-5-12(10)17)13-8-16-14(18-13)6-7-15/h2-5,8-9H,6-7,15H2,1H3. The van der Waals surface area contributed by atoms with E-state index in [1.807, 2.05) is 6.20 Å². The summed E-state index contributed by atoms with van der Waals surface area (Å²) in [5.41, 5.74) is 8.08. The lowest BCUT2D eigenvalue weighted by Crippen LogP contribution is -2.01. The highest BCUT2D eigenvalue weighted by atomic mass is 32.1. The molecular formula is C14H15N3S. The van der Waals surface area contributed by atoms with Crippen molar-refractivity contribution in [2.45, 2.75) is 6.42 Å². The molecule has 2 N–H and O–H groups in total. The summed E-state index contributed by atoms with van der Waals surface area (Å²) in [6, 6.07) is 8.44. The fourth-order valence-electron chi connectivity index (χ4n) is 2.21. The number of rotatable bonds is 3. The van der Waals surface area contributed by atoms with Crippen molar-refractivity contribution in [3.05, 3.63) is 41.7 Å². The molecule has 0 saturated heterocycles. The molecule has 0 amide bonds. The summed E-state index contributed by atoms with van der Waals surface area (Å²) in [5, 5.41) is 2.39. The molecule has 0 aliphatic carbocycles. The first-order valence-corrected chi connectivity index (χ1v) is 6.80. The molecule has 3 aromatic rings. The Labute approximate surface area is 110 Å². The van der Waals surface area contributed by atoms with Crippen LogP contribution in [0.2, 0.25) is 0 Å². The average Bonchev–Trinajstić information content (AvgIpc) is 2.96. The smallest absolute Gasteiger partial charge is 0.0943 e. The van der Waals surface area contributed by atoms with Crippen LogP contribution in [0.1, 0.15) is 5.01 Å². The van der Waals surface area contributed by atoms with E-state index in [0.717, 1.165) is 11.4 Å². The fourth-order valence-corrected chi connectivity index (χ4v) is 3.17. The molecule has 4 heteroatoms. The number of benzene rings is 1. The van der Waals surface area contributed by atoms with E-state index in [1.54, 1.807) is 11.3 Å². The van der Waals surface area contributed by atoms with Crippen molar-refractivity contribution in [1.29, 1.82) is 0 Å². The lowest BCUT2D eigenvalue weighted by Gasteiger charge is -1.94. The summed E-state index contributed by atoms with van der Waals surface area (Å²) in [6.45, 7) is 0.655. The molecule has 3 rings (SSSR count). The van der Waals surface area contributed by atoms with Crippen molar-refractivity contribution in [2.75, 3.05) is 6.54 Å². The molecule has 0 fully saturated rings. The van der Waals surface area contributed by atoms with Gasteiger partial charge in [-0.3, -0.25) is 0 Å². The molecule has 2 aromatic heterocycles. The van der Waals surface area contributed by atoms with Gasteiger partial charge in [-0.15, -0.1) is 11.3 Å². The third-order valence-electron chi connectivity index (χ3n) is 3.07. The monoisotopic (exact) mass is 257 g/mol. The fraction of sp³-hybridized carbons (Fsp3) is 0.214. The minimum absolute atomic E-state index is 0.655. The topological polar surface area (TPSA) is 43.8 Å². The van der Waals surface area contributed by atoms with Crippen LogP contribution in [0.25, 0.3) is 21.3 Å². The molecule has 0 atom stereocenters. The molecule has 0 radical (unpaired) electrons. The Hall–Kier alpha value is -1.65. The number of hydrogen-bond acceptors (Lipinski definition) is 3. The molecule has 0 unspecified atom stereocenters. The first-order valence-electron chi connectivity index (χ1n) is 5.99. The van der Waals surface area contributed by atoms with Gasteiger partial charge in [-0.1, -0.05) is 18.2 Å². The molecule has 92 valence electrons. The number of aromatic nitrogens is 2. The second kappa shape index (κ2) is 4.55. The molecule has 1 aromatic carbocycles. The van der Waals surface area contributed by atoms with E-state index in [-0.39, 0.29) is 0 Å². The van der Waals surface area contributed by atoms with Crippen LogP contribution >= 0.6 is 11.3 Å². The summed E-state index contributed by atoms with van der Waals surface area (Å²) >= 11 is 1.73. The minimum Gasteiger partial charge on any atom is -0.350 e. The van der Waals surface area contributed by atoms with Gasteiger partial charge in [0.2, 0.25) is 0 Å². The van der Waals surface area contributed by atoms with Gasteiger partial charge in [0.15, 0.2) is 0 Å².